The fraction of sp³-hybridized carbons (Fsp3) is 0.368. The van der Waals surface area contributed by atoms with Crippen molar-refractivity contribution in [3.63, 3.8) is 0 Å². The van der Waals surface area contributed by atoms with Crippen molar-refractivity contribution in [1.29, 1.82) is 0 Å². The molecule has 2 aromatic rings. The number of ether oxygens (including phenoxy) is 1. The van der Waals surface area contributed by atoms with E-state index in [9.17, 15) is 18.0 Å². The second kappa shape index (κ2) is 8.06. The van der Waals surface area contributed by atoms with E-state index < -0.39 is 22.1 Å². The molecule has 0 aliphatic heterocycles. The van der Waals surface area contributed by atoms with Crippen LogP contribution in [0.15, 0.2) is 47.4 Å². The summed E-state index contributed by atoms with van der Waals surface area (Å²) in [4.78, 5) is 23.7. The van der Waals surface area contributed by atoms with Gasteiger partial charge >= 0.3 is 5.97 Å². The molecule has 1 saturated carbocycles. The van der Waals surface area contributed by atoms with Crippen molar-refractivity contribution in [2.24, 2.45) is 0 Å². The number of amides is 1. The zero-order valence-corrected chi connectivity index (χ0v) is 15.8. The zero-order chi connectivity index (χ0) is 19.4. The Balaban J connectivity index is 1.50. The molecule has 27 heavy (non-hydrogen) atoms. The number of benzene rings is 2. The number of nitrogens with one attached hydrogen (secondary N) is 2. The van der Waals surface area contributed by atoms with Crippen LogP contribution in [0.1, 0.15) is 26.2 Å². The minimum atomic E-state index is -3.74. The van der Waals surface area contributed by atoms with Crippen molar-refractivity contribution in [2.45, 2.75) is 43.2 Å². The van der Waals surface area contributed by atoms with E-state index >= 15 is 0 Å². The molecule has 1 fully saturated rings. The van der Waals surface area contributed by atoms with Crippen LogP contribution in [0, 0.1) is 0 Å². The van der Waals surface area contributed by atoms with Gasteiger partial charge < -0.3 is 10.1 Å². The minimum Gasteiger partial charge on any atom is -0.453 e. The van der Waals surface area contributed by atoms with Crippen LogP contribution in [-0.2, 0) is 24.3 Å². The SMILES string of the molecule is C[C@H](OC(=O)CCNS(=O)(=O)c1ccc2ccccc2c1)C(=O)NC1CC1. The van der Waals surface area contributed by atoms with Crippen LogP contribution in [-0.4, -0.2) is 39.0 Å². The molecule has 1 atom stereocenters. The second-order valence-corrected chi connectivity index (χ2v) is 8.34. The van der Waals surface area contributed by atoms with Gasteiger partial charge in [0, 0.05) is 12.6 Å². The number of fused-ring (bicyclic) bond motifs is 1. The Kier molecular flexibility index (Phi) is 5.76. The predicted octanol–water partition coefficient (Wildman–Crippen LogP) is 1.72. The Bertz CT molecular complexity index is 953. The third kappa shape index (κ3) is 5.27. The molecule has 8 heteroatoms. The summed E-state index contributed by atoms with van der Waals surface area (Å²) in [5.74, 6) is -0.961. The van der Waals surface area contributed by atoms with E-state index in [1.807, 2.05) is 24.3 Å². The highest BCUT2D eigenvalue weighted by molar-refractivity contribution is 7.89. The van der Waals surface area contributed by atoms with E-state index in [1.54, 1.807) is 12.1 Å². The molecule has 3 rings (SSSR count). The van der Waals surface area contributed by atoms with Crippen molar-refractivity contribution >= 4 is 32.7 Å². The van der Waals surface area contributed by atoms with E-state index in [0.29, 0.717) is 0 Å². The average Bonchev–Trinajstić information content (AvgIpc) is 3.45. The number of hydrogen-bond acceptors (Lipinski definition) is 5. The van der Waals surface area contributed by atoms with Gasteiger partial charge in [-0.05, 0) is 42.7 Å². The smallest absolute Gasteiger partial charge is 0.307 e. The van der Waals surface area contributed by atoms with Crippen LogP contribution in [0.3, 0.4) is 0 Å². The molecule has 1 aliphatic carbocycles. The lowest BCUT2D eigenvalue weighted by atomic mass is 10.1. The summed E-state index contributed by atoms with van der Waals surface area (Å²) < 4.78 is 32.2. The van der Waals surface area contributed by atoms with Gasteiger partial charge in [0.1, 0.15) is 0 Å². The molecule has 0 spiro atoms. The van der Waals surface area contributed by atoms with Crippen LogP contribution in [0.2, 0.25) is 0 Å². The molecule has 0 saturated heterocycles. The highest BCUT2D eigenvalue weighted by Gasteiger charge is 2.27. The molecule has 0 aromatic heterocycles. The van der Waals surface area contributed by atoms with E-state index in [2.05, 4.69) is 10.0 Å². The topological polar surface area (TPSA) is 102 Å². The van der Waals surface area contributed by atoms with Gasteiger partial charge in [-0.2, -0.15) is 0 Å². The van der Waals surface area contributed by atoms with Gasteiger partial charge in [-0.1, -0.05) is 30.3 Å². The molecule has 0 bridgehead atoms. The number of rotatable bonds is 8. The van der Waals surface area contributed by atoms with Crippen LogP contribution in [0.5, 0.6) is 0 Å². The van der Waals surface area contributed by atoms with Crippen LogP contribution in [0.4, 0.5) is 0 Å². The maximum absolute atomic E-state index is 12.4. The molecule has 7 nitrogen and oxygen atoms in total. The largest absolute Gasteiger partial charge is 0.453 e. The molecule has 1 aliphatic rings. The summed E-state index contributed by atoms with van der Waals surface area (Å²) in [7, 11) is -3.74. The van der Waals surface area contributed by atoms with E-state index in [4.69, 9.17) is 4.74 Å². The highest BCUT2D eigenvalue weighted by atomic mass is 32.2. The normalized spacial score (nSPS) is 15.3. The van der Waals surface area contributed by atoms with Gasteiger partial charge in [0.25, 0.3) is 5.91 Å². The molecule has 0 heterocycles. The maximum atomic E-state index is 12.4. The Morgan fingerprint density at radius 3 is 2.56 bits per heavy atom. The number of sulfonamides is 1. The lowest BCUT2D eigenvalue weighted by Crippen LogP contribution is -2.37. The fourth-order valence-electron chi connectivity index (χ4n) is 2.56. The fourth-order valence-corrected chi connectivity index (χ4v) is 3.63. The van der Waals surface area contributed by atoms with Crippen LogP contribution >= 0.6 is 0 Å². The highest BCUT2D eigenvalue weighted by Crippen LogP contribution is 2.19. The van der Waals surface area contributed by atoms with Crippen molar-refractivity contribution in [1.82, 2.24) is 10.0 Å². The Hall–Kier alpha value is -2.45. The standard InChI is InChI=1S/C19H22N2O5S/c1-13(19(23)21-16-7-8-16)26-18(22)10-11-20-27(24,25)17-9-6-14-4-2-3-5-15(14)12-17/h2-6,9,12-13,16,20H,7-8,10-11H2,1H3,(H,21,23)/t13-/m0/s1. The summed E-state index contributed by atoms with van der Waals surface area (Å²) in [5.41, 5.74) is 0. The summed E-state index contributed by atoms with van der Waals surface area (Å²) >= 11 is 0. The predicted molar refractivity (Wildman–Crippen MR) is 100 cm³/mol. The van der Waals surface area contributed by atoms with Crippen molar-refractivity contribution in [3.05, 3.63) is 42.5 Å². The zero-order valence-electron chi connectivity index (χ0n) is 15.0. The first-order valence-electron chi connectivity index (χ1n) is 8.83. The van der Waals surface area contributed by atoms with E-state index in [-0.39, 0.29) is 29.8 Å². The molecule has 0 radical (unpaired) electrons. The van der Waals surface area contributed by atoms with Crippen LogP contribution in [0.25, 0.3) is 10.8 Å². The molecule has 2 aromatic carbocycles. The van der Waals surface area contributed by atoms with Crippen molar-refractivity contribution < 1.29 is 22.7 Å². The Labute approximate surface area is 158 Å². The average molecular weight is 390 g/mol. The van der Waals surface area contributed by atoms with Gasteiger partial charge in [-0.25, -0.2) is 13.1 Å². The molecule has 0 unspecified atom stereocenters. The van der Waals surface area contributed by atoms with E-state index in [0.717, 1.165) is 23.6 Å². The number of carbonyl (C=O) groups excluding carboxylic acids is 2. The third-order valence-corrected chi connectivity index (χ3v) is 5.71. The number of carbonyl (C=O) groups is 2. The first-order chi connectivity index (χ1) is 12.8. The first kappa shape index (κ1) is 19.3. The molecule has 2 N–H and O–H groups in total. The Morgan fingerprint density at radius 1 is 1.15 bits per heavy atom. The maximum Gasteiger partial charge on any atom is 0.307 e. The minimum absolute atomic E-state index is 0.106. The second-order valence-electron chi connectivity index (χ2n) is 6.57. The molecule has 1 amide bonds. The Morgan fingerprint density at radius 2 is 1.85 bits per heavy atom. The van der Waals surface area contributed by atoms with Crippen LogP contribution < -0.4 is 10.0 Å². The first-order valence-corrected chi connectivity index (χ1v) is 10.3. The van der Waals surface area contributed by atoms with Gasteiger partial charge in [-0.15, -0.1) is 0 Å². The quantitative estimate of drug-likeness (QED) is 0.668. The number of esters is 1. The molecular formula is C19H22N2O5S. The van der Waals surface area contributed by atoms with Crippen molar-refractivity contribution in [3.8, 4) is 0 Å². The van der Waals surface area contributed by atoms with Gasteiger partial charge in [0.15, 0.2) is 6.10 Å². The monoisotopic (exact) mass is 390 g/mol. The summed E-state index contributed by atoms with van der Waals surface area (Å²) in [6.45, 7) is 1.39. The molecular weight excluding hydrogens is 368 g/mol. The van der Waals surface area contributed by atoms with Gasteiger partial charge in [0.2, 0.25) is 10.0 Å². The van der Waals surface area contributed by atoms with E-state index in [1.165, 1.54) is 13.0 Å². The summed E-state index contributed by atoms with van der Waals surface area (Å²) in [6.07, 6.45) is 0.843. The number of hydrogen-bond donors (Lipinski definition) is 2. The van der Waals surface area contributed by atoms with Crippen molar-refractivity contribution in [2.75, 3.05) is 6.54 Å². The third-order valence-electron chi connectivity index (χ3n) is 4.25. The van der Waals surface area contributed by atoms with Gasteiger partial charge in [-0.3, -0.25) is 9.59 Å². The molecule has 144 valence electrons. The van der Waals surface area contributed by atoms with Gasteiger partial charge in [0.05, 0.1) is 11.3 Å². The lowest BCUT2D eigenvalue weighted by molar-refractivity contribution is -0.154. The lowest BCUT2D eigenvalue weighted by Gasteiger charge is -2.13. The summed E-state index contributed by atoms with van der Waals surface area (Å²) in [6, 6.07) is 12.5. The summed E-state index contributed by atoms with van der Waals surface area (Å²) in [5, 5.41) is 4.51.